The lowest BCUT2D eigenvalue weighted by molar-refractivity contribution is 0.0297. The quantitative estimate of drug-likeness (QED) is 0.925. The Balaban J connectivity index is 1.75. The number of fused-ring (bicyclic) bond motifs is 1. The molecule has 3 rings (SSSR count). The van der Waals surface area contributed by atoms with Gasteiger partial charge in [0.25, 0.3) is 0 Å². The van der Waals surface area contributed by atoms with Gasteiger partial charge in [-0.05, 0) is 61.4 Å². The predicted octanol–water partition coefficient (Wildman–Crippen LogP) is 3.77. The standard InChI is InChI=1S/C19H22O2/c1-14-3-6-16-10-12-19(20,18(16)13-14)11-9-15-4-7-17(21-2)8-5-15/h3-8,13,20H,9-12H2,1-2H3. The molecule has 110 valence electrons. The van der Waals surface area contributed by atoms with E-state index < -0.39 is 5.60 Å². The highest BCUT2D eigenvalue weighted by Crippen LogP contribution is 2.40. The highest BCUT2D eigenvalue weighted by Gasteiger charge is 2.36. The maximum absolute atomic E-state index is 11.0. The summed E-state index contributed by atoms with van der Waals surface area (Å²) in [6.07, 6.45) is 3.47. The lowest BCUT2D eigenvalue weighted by atomic mass is 9.88. The Morgan fingerprint density at radius 3 is 2.62 bits per heavy atom. The maximum atomic E-state index is 11.0. The zero-order valence-electron chi connectivity index (χ0n) is 12.7. The van der Waals surface area contributed by atoms with E-state index in [1.165, 1.54) is 16.7 Å². The maximum Gasteiger partial charge on any atom is 0.118 e. The molecule has 1 N–H and O–H groups in total. The van der Waals surface area contributed by atoms with Gasteiger partial charge in [-0.25, -0.2) is 0 Å². The van der Waals surface area contributed by atoms with Crippen LogP contribution in [0.3, 0.4) is 0 Å². The van der Waals surface area contributed by atoms with Gasteiger partial charge in [-0.15, -0.1) is 0 Å². The van der Waals surface area contributed by atoms with Crippen LogP contribution in [0, 0.1) is 6.92 Å². The Labute approximate surface area is 126 Å². The Hall–Kier alpha value is -1.80. The first-order valence-electron chi connectivity index (χ1n) is 7.56. The van der Waals surface area contributed by atoms with Crippen LogP contribution in [0.15, 0.2) is 42.5 Å². The van der Waals surface area contributed by atoms with Crippen molar-refractivity contribution in [1.82, 2.24) is 0 Å². The number of hydrogen-bond donors (Lipinski definition) is 1. The smallest absolute Gasteiger partial charge is 0.118 e. The molecular weight excluding hydrogens is 260 g/mol. The number of hydrogen-bond acceptors (Lipinski definition) is 2. The van der Waals surface area contributed by atoms with Crippen molar-refractivity contribution in [2.45, 2.75) is 38.2 Å². The van der Waals surface area contributed by atoms with Gasteiger partial charge in [0.15, 0.2) is 0 Å². The van der Waals surface area contributed by atoms with Gasteiger partial charge in [-0.2, -0.15) is 0 Å². The van der Waals surface area contributed by atoms with Crippen molar-refractivity contribution in [3.8, 4) is 5.75 Å². The van der Waals surface area contributed by atoms with Crippen LogP contribution in [0.5, 0.6) is 5.75 Å². The molecule has 1 aliphatic carbocycles. The summed E-state index contributed by atoms with van der Waals surface area (Å²) < 4.78 is 5.18. The number of rotatable bonds is 4. The van der Waals surface area contributed by atoms with Crippen molar-refractivity contribution >= 4 is 0 Å². The summed E-state index contributed by atoms with van der Waals surface area (Å²) in [4.78, 5) is 0. The van der Waals surface area contributed by atoms with Gasteiger partial charge >= 0.3 is 0 Å². The van der Waals surface area contributed by atoms with Crippen LogP contribution in [-0.2, 0) is 18.4 Å². The van der Waals surface area contributed by atoms with E-state index in [9.17, 15) is 5.11 Å². The van der Waals surface area contributed by atoms with Crippen LogP contribution in [0.25, 0.3) is 0 Å². The molecule has 2 heteroatoms. The van der Waals surface area contributed by atoms with E-state index >= 15 is 0 Å². The topological polar surface area (TPSA) is 29.5 Å². The van der Waals surface area contributed by atoms with E-state index in [1.54, 1.807) is 7.11 Å². The molecule has 0 heterocycles. The molecule has 0 aromatic heterocycles. The lowest BCUT2D eigenvalue weighted by Gasteiger charge is -2.24. The minimum Gasteiger partial charge on any atom is -0.497 e. The normalized spacial score (nSPS) is 20.3. The fourth-order valence-corrected chi connectivity index (χ4v) is 3.22. The van der Waals surface area contributed by atoms with E-state index in [2.05, 4.69) is 37.3 Å². The van der Waals surface area contributed by atoms with Crippen LogP contribution >= 0.6 is 0 Å². The minimum absolute atomic E-state index is 0.665. The molecule has 0 radical (unpaired) electrons. The molecule has 0 fully saturated rings. The zero-order chi connectivity index (χ0) is 14.9. The fraction of sp³-hybridized carbons (Fsp3) is 0.368. The first-order valence-corrected chi connectivity index (χ1v) is 7.56. The molecule has 0 aliphatic heterocycles. The molecular formula is C19H22O2. The van der Waals surface area contributed by atoms with Crippen molar-refractivity contribution in [2.75, 3.05) is 7.11 Å². The van der Waals surface area contributed by atoms with Crippen LogP contribution in [0.1, 0.15) is 35.1 Å². The van der Waals surface area contributed by atoms with Crippen LogP contribution < -0.4 is 4.74 Å². The summed E-state index contributed by atoms with van der Waals surface area (Å²) >= 11 is 0. The molecule has 2 aromatic carbocycles. The van der Waals surface area contributed by atoms with Gasteiger partial charge in [0.2, 0.25) is 0 Å². The summed E-state index contributed by atoms with van der Waals surface area (Å²) in [7, 11) is 1.68. The fourth-order valence-electron chi connectivity index (χ4n) is 3.22. The average Bonchev–Trinajstić information content (AvgIpc) is 2.83. The summed E-state index contributed by atoms with van der Waals surface area (Å²) in [6.45, 7) is 2.09. The van der Waals surface area contributed by atoms with Gasteiger partial charge in [-0.3, -0.25) is 0 Å². The SMILES string of the molecule is COc1ccc(CCC2(O)CCc3ccc(C)cc32)cc1. The highest BCUT2D eigenvalue weighted by molar-refractivity contribution is 5.40. The highest BCUT2D eigenvalue weighted by atomic mass is 16.5. The Bertz CT molecular complexity index is 631. The van der Waals surface area contributed by atoms with E-state index in [4.69, 9.17) is 4.74 Å². The van der Waals surface area contributed by atoms with Gasteiger partial charge in [-0.1, -0.05) is 35.9 Å². The molecule has 0 saturated heterocycles. The van der Waals surface area contributed by atoms with Gasteiger partial charge < -0.3 is 9.84 Å². The molecule has 21 heavy (non-hydrogen) atoms. The van der Waals surface area contributed by atoms with Gasteiger partial charge in [0, 0.05) is 0 Å². The van der Waals surface area contributed by atoms with Gasteiger partial charge in [0.05, 0.1) is 12.7 Å². The molecule has 0 amide bonds. The first kappa shape index (κ1) is 14.2. The van der Waals surface area contributed by atoms with E-state index in [0.29, 0.717) is 0 Å². The molecule has 0 bridgehead atoms. The average molecular weight is 282 g/mol. The molecule has 0 saturated carbocycles. The van der Waals surface area contributed by atoms with Crippen molar-refractivity contribution in [2.24, 2.45) is 0 Å². The van der Waals surface area contributed by atoms with E-state index in [-0.39, 0.29) is 0 Å². The largest absolute Gasteiger partial charge is 0.497 e. The van der Waals surface area contributed by atoms with Crippen LogP contribution in [0.2, 0.25) is 0 Å². The van der Waals surface area contributed by atoms with Crippen molar-refractivity contribution in [3.05, 3.63) is 64.7 Å². The summed E-state index contributed by atoms with van der Waals surface area (Å²) in [5, 5.41) is 11.0. The third kappa shape index (κ3) is 2.81. The van der Waals surface area contributed by atoms with Crippen LogP contribution in [-0.4, -0.2) is 12.2 Å². The monoisotopic (exact) mass is 282 g/mol. The second kappa shape index (κ2) is 5.53. The predicted molar refractivity (Wildman–Crippen MR) is 84.7 cm³/mol. The van der Waals surface area contributed by atoms with Crippen LogP contribution in [0.4, 0.5) is 0 Å². The lowest BCUT2D eigenvalue weighted by Crippen LogP contribution is -2.23. The molecule has 2 aromatic rings. The van der Waals surface area contributed by atoms with Crippen molar-refractivity contribution in [1.29, 1.82) is 0 Å². The second-order valence-corrected chi connectivity index (χ2v) is 6.04. The third-order valence-electron chi connectivity index (χ3n) is 4.56. The molecule has 1 aliphatic rings. The molecule has 1 atom stereocenters. The number of aliphatic hydroxyl groups is 1. The summed E-state index contributed by atoms with van der Waals surface area (Å²) in [5.41, 5.74) is 4.24. The number of aryl methyl sites for hydroxylation is 3. The Morgan fingerprint density at radius 1 is 1.14 bits per heavy atom. The first-order chi connectivity index (χ1) is 10.1. The minimum atomic E-state index is -0.665. The van der Waals surface area contributed by atoms with E-state index in [1.807, 2.05) is 12.1 Å². The number of ether oxygens (including phenoxy) is 1. The third-order valence-corrected chi connectivity index (χ3v) is 4.56. The van der Waals surface area contributed by atoms with Crippen molar-refractivity contribution in [3.63, 3.8) is 0 Å². The van der Waals surface area contributed by atoms with Gasteiger partial charge in [0.1, 0.15) is 5.75 Å². The number of methoxy groups -OCH3 is 1. The Kier molecular flexibility index (Phi) is 3.73. The molecule has 0 spiro atoms. The summed E-state index contributed by atoms with van der Waals surface area (Å²) in [5.74, 6) is 0.874. The van der Waals surface area contributed by atoms with Crippen molar-refractivity contribution < 1.29 is 9.84 Å². The summed E-state index contributed by atoms with van der Waals surface area (Å²) in [6, 6.07) is 14.6. The zero-order valence-corrected chi connectivity index (χ0v) is 12.7. The molecule has 1 unspecified atom stereocenters. The van der Waals surface area contributed by atoms with E-state index in [0.717, 1.165) is 37.0 Å². The second-order valence-electron chi connectivity index (χ2n) is 6.04. The number of benzene rings is 2. The Morgan fingerprint density at radius 2 is 1.90 bits per heavy atom. The molecule has 2 nitrogen and oxygen atoms in total.